The fourth-order valence-electron chi connectivity index (χ4n) is 2.57. The Bertz CT molecular complexity index is 1110. The van der Waals surface area contributed by atoms with Crippen LogP contribution in [0.25, 0.3) is 0 Å². The lowest BCUT2D eigenvalue weighted by Gasteiger charge is -2.10. The number of hydrogen-bond donors (Lipinski definition) is 2. The van der Waals surface area contributed by atoms with Gasteiger partial charge in [0, 0.05) is 35.7 Å². The number of rotatable bonds is 6. The molecule has 0 bridgehead atoms. The van der Waals surface area contributed by atoms with Crippen molar-refractivity contribution in [3.63, 3.8) is 0 Å². The van der Waals surface area contributed by atoms with Gasteiger partial charge in [0.25, 0.3) is 17.5 Å². The zero-order valence-electron chi connectivity index (χ0n) is 15.9. The highest BCUT2D eigenvalue weighted by atomic mass is 16.6. The molecule has 9 heteroatoms. The molecule has 0 radical (unpaired) electrons. The number of benzene rings is 2. The molecule has 0 aliphatic carbocycles. The number of anilines is 1. The second-order valence-electron chi connectivity index (χ2n) is 6.18. The van der Waals surface area contributed by atoms with E-state index in [2.05, 4.69) is 20.8 Å². The van der Waals surface area contributed by atoms with E-state index in [0.717, 1.165) is 5.56 Å². The lowest BCUT2D eigenvalue weighted by atomic mass is 10.1. The molecule has 0 saturated heterocycles. The number of nitrogens with zero attached hydrogens (tertiary/aromatic N) is 3. The molecule has 0 atom stereocenters. The number of para-hydroxylation sites is 1. The molecule has 0 spiro atoms. The summed E-state index contributed by atoms with van der Waals surface area (Å²) in [7, 11) is 0. The van der Waals surface area contributed by atoms with Gasteiger partial charge in [-0.05, 0) is 43.3 Å². The molecule has 2 amide bonds. The summed E-state index contributed by atoms with van der Waals surface area (Å²) in [6.45, 7) is 1.75. The Morgan fingerprint density at radius 2 is 1.60 bits per heavy atom. The van der Waals surface area contributed by atoms with Crippen LogP contribution < -0.4 is 10.7 Å². The molecule has 150 valence electrons. The van der Waals surface area contributed by atoms with E-state index in [1.165, 1.54) is 24.3 Å². The zero-order chi connectivity index (χ0) is 21.5. The van der Waals surface area contributed by atoms with Gasteiger partial charge in [0.1, 0.15) is 0 Å². The maximum absolute atomic E-state index is 12.6. The van der Waals surface area contributed by atoms with Crippen LogP contribution in [0.1, 0.15) is 33.2 Å². The third-order valence-corrected chi connectivity index (χ3v) is 4.18. The van der Waals surface area contributed by atoms with Gasteiger partial charge in [-0.1, -0.05) is 12.1 Å². The van der Waals surface area contributed by atoms with Gasteiger partial charge in [-0.25, -0.2) is 5.43 Å². The van der Waals surface area contributed by atoms with E-state index in [4.69, 9.17) is 0 Å². The predicted octanol–water partition coefficient (Wildman–Crippen LogP) is 3.40. The summed E-state index contributed by atoms with van der Waals surface area (Å²) in [5, 5.41) is 17.5. The minimum absolute atomic E-state index is 0.117. The highest BCUT2D eigenvalue weighted by Crippen LogP contribution is 2.18. The standard InChI is InChI=1S/C21H17N5O4/c1-14(15-10-12-22-13-11-15)24-25-21(28)18-4-2-3-5-19(18)23-20(27)16-6-8-17(9-7-16)26(29)30/h2-13H,1H3,(H,23,27)(H,25,28)/b24-14+. The molecule has 9 nitrogen and oxygen atoms in total. The van der Waals surface area contributed by atoms with Gasteiger partial charge in [-0.3, -0.25) is 24.7 Å². The monoisotopic (exact) mass is 403 g/mol. The molecular formula is C21H17N5O4. The van der Waals surface area contributed by atoms with E-state index in [1.807, 2.05) is 0 Å². The van der Waals surface area contributed by atoms with E-state index >= 15 is 0 Å². The number of hydrogen-bond acceptors (Lipinski definition) is 6. The summed E-state index contributed by atoms with van der Waals surface area (Å²) in [4.78, 5) is 39.2. The molecule has 0 saturated carbocycles. The first-order valence-electron chi connectivity index (χ1n) is 8.85. The fraction of sp³-hybridized carbons (Fsp3) is 0.0476. The fourth-order valence-corrected chi connectivity index (χ4v) is 2.57. The number of aromatic nitrogens is 1. The first kappa shape index (κ1) is 20.3. The largest absolute Gasteiger partial charge is 0.321 e. The second-order valence-corrected chi connectivity index (χ2v) is 6.18. The number of nitro benzene ring substituents is 1. The minimum Gasteiger partial charge on any atom is -0.321 e. The van der Waals surface area contributed by atoms with Crippen LogP contribution in [-0.4, -0.2) is 27.4 Å². The van der Waals surface area contributed by atoms with Crippen LogP contribution in [0.4, 0.5) is 11.4 Å². The average Bonchev–Trinajstić information content (AvgIpc) is 2.78. The minimum atomic E-state index is -0.546. The summed E-state index contributed by atoms with van der Waals surface area (Å²) < 4.78 is 0. The summed E-state index contributed by atoms with van der Waals surface area (Å²) >= 11 is 0. The Morgan fingerprint density at radius 3 is 2.27 bits per heavy atom. The van der Waals surface area contributed by atoms with Gasteiger partial charge < -0.3 is 5.32 Å². The molecule has 2 N–H and O–H groups in total. The molecule has 1 heterocycles. The van der Waals surface area contributed by atoms with Crippen molar-refractivity contribution in [1.29, 1.82) is 0 Å². The van der Waals surface area contributed by atoms with E-state index in [-0.39, 0.29) is 22.5 Å². The summed E-state index contributed by atoms with van der Waals surface area (Å²) in [5.41, 5.74) is 4.49. The van der Waals surface area contributed by atoms with Crippen molar-refractivity contribution < 1.29 is 14.5 Å². The van der Waals surface area contributed by atoms with Crippen molar-refractivity contribution in [3.8, 4) is 0 Å². The number of nitro groups is 1. The highest BCUT2D eigenvalue weighted by molar-refractivity contribution is 6.09. The zero-order valence-corrected chi connectivity index (χ0v) is 15.9. The van der Waals surface area contributed by atoms with Crippen LogP contribution in [0.3, 0.4) is 0 Å². The molecule has 0 fully saturated rings. The topological polar surface area (TPSA) is 127 Å². The Morgan fingerprint density at radius 1 is 0.933 bits per heavy atom. The lowest BCUT2D eigenvalue weighted by molar-refractivity contribution is -0.384. The van der Waals surface area contributed by atoms with Crippen LogP contribution in [0, 0.1) is 10.1 Å². The van der Waals surface area contributed by atoms with E-state index < -0.39 is 16.7 Å². The number of pyridine rings is 1. The van der Waals surface area contributed by atoms with Crippen LogP contribution in [-0.2, 0) is 0 Å². The number of carbonyl (C=O) groups excluding carboxylic acids is 2. The predicted molar refractivity (Wildman–Crippen MR) is 111 cm³/mol. The Hall–Kier alpha value is -4.40. The molecule has 0 aliphatic heterocycles. The van der Waals surface area contributed by atoms with Crippen molar-refractivity contribution >= 4 is 28.9 Å². The first-order chi connectivity index (χ1) is 14.5. The summed E-state index contributed by atoms with van der Waals surface area (Å²) in [5.74, 6) is -0.996. The average molecular weight is 403 g/mol. The Kier molecular flexibility index (Phi) is 6.23. The third-order valence-electron chi connectivity index (χ3n) is 4.18. The van der Waals surface area contributed by atoms with Gasteiger partial charge in [0.05, 0.1) is 21.9 Å². The summed E-state index contributed by atoms with van der Waals surface area (Å²) in [6, 6.07) is 15.2. The molecule has 2 aromatic carbocycles. The molecule has 0 unspecified atom stereocenters. The second kappa shape index (κ2) is 9.20. The number of hydrazone groups is 1. The number of nitrogens with one attached hydrogen (secondary N) is 2. The number of amides is 2. The Labute approximate surface area is 171 Å². The van der Waals surface area contributed by atoms with E-state index in [9.17, 15) is 19.7 Å². The number of carbonyl (C=O) groups is 2. The Balaban J connectivity index is 1.74. The van der Waals surface area contributed by atoms with Crippen LogP contribution >= 0.6 is 0 Å². The van der Waals surface area contributed by atoms with Crippen LogP contribution in [0.5, 0.6) is 0 Å². The normalized spacial score (nSPS) is 10.9. The summed E-state index contributed by atoms with van der Waals surface area (Å²) in [6.07, 6.45) is 3.25. The third kappa shape index (κ3) is 4.90. The van der Waals surface area contributed by atoms with Crippen LogP contribution in [0.2, 0.25) is 0 Å². The van der Waals surface area contributed by atoms with E-state index in [0.29, 0.717) is 5.71 Å². The van der Waals surface area contributed by atoms with Gasteiger partial charge >= 0.3 is 0 Å². The van der Waals surface area contributed by atoms with E-state index in [1.54, 1.807) is 55.7 Å². The molecule has 3 aromatic rings. The van der Waals surface area contributed by atoms with Crippen molar-refractivity contribution in [2.24, 2.45) is 5.10 Å². The maximum atomic E-state index is 12.6. The maximum Gasteiger partial charge on any atom is 0.273 e. The molecular weight excluding hydrogens is 386 g/mol. The number of non-ortho nitro benzene ring substituents is 1. The SMILES string of the molecule is C/C(=N\NC(=O)c1ccccc1NC(=O)c1ccc([N+](=O)[O-])cc1)c1ccncc1. The molecule has 3 rings (SSSR count). The van der Waals surface area contributed by atoms with Gasteiger partial charge in [0.15, 0.2) is 0 Å². The van der Waals surface area contributed by atoms with Crippen molar-refractivity contribution in [2.45, 2.75) is 6.92 Å². The van der Waals surface area contributed by atoms with Gasteiger partial charge in [-0.15, -0.1) is 0 Å². The van der Waals surface area contributed by atoms with Crippen LogP contribution in [0.15, 0.2) is 78.2 Å². The lowest BCUT2D eigenvalue weighted by Crippen LogP contribution is -2.22. The van der Waals surface area contributed by atoms with Crippen molar-refractivity contribution in [3.05, 3.63) is 99.9 Å². The van der Waals surface area contributed by atoms with Gasteiger partial charge in [-0.2, -0.15) is 5.10 Å². The molecule has 0 aliphatic rings. The first-order valence-corrected chi connectivity index (χ1v) is 8.85. The van der Waals surface area contributed by atoms with Crippen molar-refractivity contribution in [1.82, 2.24) is 10.4 Å². The van der Waals surface area contributed by atoms with Gasteiger partial charge in [0.2, 0.25) is 0 Å². The highest BCUT2D eigenvalue weighted by Gasteiger charge is 2.15. The quantitative estimate of drug-likeness (QED) is 0.370. The molecule has 30 heavy (non-hydrogen) atoms. The smallest absolute Gasteiger partial charge is 0.273 e. The van der Waals surface area contributed by atoms with Crippen molar-refractivity contribution in [2.75, 3.05) is 5.32 Å². The molecule has 1 aromatic heterocycles.